The minimum Gasteiger partial charge on any atom is -0.380 e. The second kappa shape index (κ2) is 4.15. The van der Waals surface area contributed by atoms with Crippen LogP contribution in [-0.2, 0) is 0 Å². The molecule has 0 saturated heterocycles. The SMILES string of the molecule is C=CC1CNc2c(Cl)c(Cl)cc3[nH]c(=O)c(=O)n1c23. The molecule has 3 rings (SSSR count). The van der Waals surface area contributed by atoms with E-state index in [0.29, 0.717) is 33.3 Å². The van der Waals surface area contributed by atoms with Crippen molar-refractivity contribution < 1.29 is 0 Å². The van der Waals surface area contributed by atoms with Gasteiger partial charge in [0, 0.05) is 6.54 Å². The summed E-state index contributed by atoms with van der Waals surface area (Å²) in [7, 11) is 0. The molecule has 1 atom stereocenters. The van der Waals surface area contributed by atoms with Gasteiger partial charge in [-0.3, -0.25) is 14.2 Å². The summed E-state index contributed by atoms with van der Waals surface area (Å²) >= 11 is 12.1. The fraction of sp³-hybridized carbons (Fsp3) is 0.167. The zero-order valence-electron chi connectivity index (χ0n) is 9.67. The van der Waals surface area contributed by atoms with E-state index in [1.165, 1.54) is 10.6 Å². The van der Waals surface area contributed by atoms with E-state index in [1.54, 1.807) is 6.08 Å². The van der Waals surface area contributed by atoms with E-state index in [4.69, 9.17) is 23.2 Å². The number of nitrogens with zero attached hydrogens (tertiary/aromatic N) is 1. The number of hydrogen-bond acceptors (Lipinski definition) is 3. The van der Waals surface area contributed by atoms with Crippen molar-refractivity contribution in [2.45, 2.75) is 6.04 Å². The number of anilines is 1. The molecule has 2 N–H and O–H groups in total. The van der Waals surface area contributed by atoms with E-state index >= 15 is 0 Å². The van der Waals surface area contributed by atoms with Crippen LogP contribution in [0.15, 0.2) is 28.3 Å². The first-order valence-corrected chi connectivity index (χ1v) is 6.33. The normalized spacial score (nSPS) is 17.3. The van der Waals surface area contributed by atoms with Crippen LogP contribution in [0, 0.1) is 0 Å². The lowest BCUT2D eigenvalue weighted by Gasteiger charge is -2.27. The number of aromatic nitrogens is 2. The second-order valence-electron chi connectivity index (χ2n) is 4.26. The zero-order valence-corrected chi connectivity index (χ0v) is 11.2. The summed E-state index contributed by atoms with van der Waals surface area (Å²) in [6, 6.07) is 1.23. The summed E-state index contributed by atoms with van der Waals surface area (Å²) in [5.41, 5.74) is 0.239. The molecule has 0 bridgehead atoms. The molecule has 5 nitrogen and oxygen atoms in total. The van der Waals surface area contributed by atoms with Crippen LogP contribution in [0.2, 0.25) is 10.0 Å². The van der Waals surface area contributed by atoms with E-state index in [-0.39, 0.29) is 6.04 Å². The predicted octanol–water partition coefficient (Wildman–Crippen LogP) is 2.15. The van der Waals surface area contributed by atoms with Crippen LogP contribution in [0.1, 0.15) is 6.04 Å². The molecule has 1 aromatic heterocycles. The minimum atomic E-state index is -0.689. The Morgan fingerprint density at radius 2 is 2.16 bits per heavy atom. The van der Waals surface area contributed by atoms with Crippen molar-refractivity contribution in [3.05, 3.63) is 49.5 Å². The minimum absolute atomic E-state index is 0.304. The summed E-state index contributed by atoms with van der Waals surface area (Å²) in [6.07, 6.45) is 1.61. The number of aromatic amines is 1. The lowest BCUT2D eigenvalue weighted by molar-refractivity contribution is 0.611. The molecule has 2 heterocycles. The Bertz CT molecular complexity index is 822. The van der Waals surface area contributed by atoms with Gasteiger partial charge in [0.1, 0.15) is 0 Å². The number of nitrogens with one attached hydrogen (secondary N) is 2. The Hall–Kier alpha value is -1.72. The highest BCUT2D eigenvalue weighted by molar-refractivity contribution is 6.45. The molecule has 1 unspecified atom stereocenters. The van der Waals surface area contributed by atoms with Gasteiger partial charge in [0.05, 0.1) is 32.8 Å². The smallest absolute Gasteiger partial charge is 0.317 e. The summed E-state index contributed by atoms with van der Waals surface area (Å²) in [5, 5.41) is 3.76. The molecule has 0 spiro atoms. The summed E-state index contributed by atoms with van der Waals surface area (Å²) in [6.45, 7) is 4.11. The Kier molecular flexibility index (Phi) is 2.69. The average molecular weight is 298 g/mol. The maximum atomic E-state index is 12.0. The van der Waals surface area contributed by atoms with Gasteiger partial charge < -0.3 is 10.3 Å². The van der Waals surface area contributed by atoms with E-state index < -0.39 is 11.1 Å². The third kappa shape index (κ3) is 1.62. The average Bonchev–Trinajstić information content (AvgIpc) is 2.40. The Balaban J connectivity index is 2.61. The molecule has 7 heteroatoms. The van der Waals surface area contributed by atoms with Gasteiger partial charge in [-0.05, 0) is 6.07 Å². The topological polar surface area (TPSA) is 66.9 Å². The summed E-state index contributed by atoms with van der Waals surface area (Å²) in [5.74, 6) is 0. The Labute approximate surface area is 117 Å². The first kappa shape index (κ1) is 12.3. The molecular formula is C12H9Cl2N3O2. The number of rotatable bonds is 1. The van der Waals surface area contributed by atoms with Gasteiger partial charge in [-0.15, -0.1) is 6.58 Å². The molecule has 19 heavy (non-hydrogen) atoms. The van der Waals surface area contributed by atoms with Gasteiger partial charge in [0.25, 0.3) is 0 Å². The molecule has 1 aromatic carbocycles. The Morgan fingerprint density at radius 1 is 1.42 bits per heavy atom. The molecule has 0 radical (unpaired) electrons. The molecule has 1 aliphatic heterocycles. The monoisotopic (exact) mass is 297 g/mol. The van der Waals surface area contributed by atoms with Gasteiger partial charge in [0.2, 0.25) is 0 Å². The van der Waals surface area contributed by atoms with Gasteiger partial charge in [-0.25, -0.2) is 0 Å². The van der Waals surface area contributed by atoms with Gasteiger partial charge in [-0.2, -0.15) is 0 Å². The van der Waals surface area contributed by atoms with Crippen molar-refractivity contribution in [1.82, 2.24) is 9.55 Å². The van der Waals surface area contributed by atoms with Crippen molar-refractivity contribution in [1.29, 1.82) is 0 Å². The molecule has 0 saturated carbocycles. The highest BCUT2D eigenvalue weighted by Gasteiger charge is 2.24. The van der Waals surface area contributed by atoms with Crippen molar-refractivity contribution in [2.75, 3.05) is 11.9 Å². The summed E-state index contributed by atoms with van der Waals surface area (Å²) < 4.78 is 1.40. The third-order valence-electron chi connectivity index (χ3n) is 3.19. The van der Waals surface area contributed by atoms with Crippen LogP contribution < -0.4 is 16.4 Å². The first-order valence-electron chi connectivity index (χ1n) is 5.57. The van der Waals surface area contributed by atoms with Crippen LogP contribution in [-0.4, -0.2) is 16.1 Å². The number of benzene rings is 1. The maximum absolute atomic E-state index is 12.0. The second-order valence-corrected chi connectivity index (χ2v) is 5.04. The van der Waals surface area contributed by atoms with Crippen LogP contribution in [0.25, 0.3) is 11.0 Å². The van der Waals surface area contributed by atoms with E-state index in [1.807, 2.05) is 0 Å². The molecule has 0 aliphatic carbocycles. The highest BCUT2D eigenvalue weighted by atomic mass is 35.5. The largest absolute Gasteiger partial charge is 0.380 e. The van der Waals surface area contributed by atoms with E-state index in [9.17, 15) is 9.59 Å². The van der Waals surface area contributed by atoms with Gasteiger partial charge >= 0.3 is 11.1 Å². The van der Waals surface area contributed by atoms with Crippen molar-refractivity contribution in [2.24, 2.45) is 0 Å². The highest BCUT2D eigenvalue weighted by Crippen LogP contribution is 2.38. The van der Waals surface area contributed by atoms with Gasteiger partial charge in [-0.1, -0.05) is 29.3 Å². The number of hydrogen-bond donors (Lipinski definition) is 2. The molecular weight excluding hydrogens is 289 g/mol. The van der Waals surface area contributed by atoms with Crippen LogP contribution in [0.3, 0.4) is 0 Å². The zero-order chi connectivity index (χ0) is 13.7. The molecule has 1 aliphatic rings. The fourth-order valence-electron chi connectivity index (χ4n) is 2.31. The molecule has 98 valence electrons. The van der Waals surface area contributed by atoms with E-state index in [0.717, 1.165) is 0 Å². The third-order valence-corrected chi connectivity index (χ3v) is 3.97. The summed E-state index contributed by atoms with van der Waals surface area (Å²) in [4.78, 5) is 26.2. The molecule has 0 fully saturated rings. The van der Waals surface area contributed by atoms with Crippen LogP contribution in [0.4, 0.5) is 5.69 Å². The lowest BCUT2D eigenvalue weighted by atomic mass is 10.1. The predicted molar refractivity (Wildman–Crippen MR) is 76.6 cm³/mol. The van der Waals surface area contributed by atoms with Gasteiger partial charge in [0.15, 0.2) is 0 Å². The van der Waals surface area contributed by atoms with Crippen LogP contribution in [0.5, 0.6) is 0 Å². The molecule has 2 aromatic rings. The lowest BCUT2D eigenvalue weighted by Crippen LogP contribution is -2.41. The quantitative estimate of drug-likeness (QED) is 0.626. The fourth-order valence-corrected chi connectivity index (χ4v) is 2.73. The number of halogens is 2. The van der Waals surface area contributed by atoms with Crippen molar-refractivity contribution in [3.63, 3.8) is 0 Å². The van der Waals surface area contributed by atoms with Crippen molar-refractivity contribution in [3.8, 4) is 0 Å². The van der Waals surface area contributed by atoms with Crippen molar-refractivity contribution >= 4 is 39.9 Å². The van der Waals surface area contributed by atoms with E-state index in [2.05, 4.69) is 16.9 Å². The maximum Gasteiger partial charge on any atom is 0.317 e. The van der Waals surface area contributed by atoms with Crippen LogP contribution >= 0.6 is 23.2 Å². The Morgan fingerprint density at radius 3 is 2.84 bits per heavy atom. The first-order chi connectivity index (χ1) is 9.04. The number of H-pyrrole nitrogens is 1. The molecule has 0 amide bonds. The standard InChI is InChI=1S/C12H9Cl2N3O2/c1-2-5-4-15-9-8(14)6(13)3-7-10(9)17(5)12(19)11(18)16-7/h2-3,5,15H,1,4H2,(H,16,18).